The number of para-hydroxylation sites is 1. The molecule has 1 heterocycles. The summed E-state index contributed by atoms with van der Waals surface area (Å²) in [5, 5.41) is 4.28. The quantitative estimate of drug-likeness (QED) is 0.571. The molecule has 0 unspecified atom stereocenters. The Morgan fingerprint density at radius 2 is 1.71 bits per heavy atom. The molecule has 0 amide bonds. The lowest BCUT2D eigenvalue weighted by Crippen LogP contribution is -2.37. The summed E-state index contributed by atoms with van der Waals surface area (Å²) < 4.78 is 11.4. The van der Waals surface area contributed by atoms with Crippen molar-refractivity contribution in [3.63, 3.8) is 0 Å². The molecule has 1 N–H and O–H groups in total. The molecule has 0 aliphatic carbocycles. The summed E-state index contributed by atoms with van der Waals surface area (Å²) in [7, 11) is 0. The maximum atomic E-state index is 6.01. The maximum absolute atomic E-state index is 6.01. The van der Waals surface area contributed by atoms with Crippen LogP contribution in [-0.4, -0.2) is 44.3 Å². The van der Waals surface area contributed by atoms with Gasteiger partial charge >= 0.3 is 0 Å². The van der Waals surface area contributed by atoms with Crippen LogP contribution in [0.1, 0.15) is 17.5 Å². The minimum atomic E-state index is 0. The second-order valence-electron chi connectivity index (χ2n) is 6.51. The molecule has 2 aromatic carbocycles. The standard InChI is InChI=1S/C21H27ClN2O2.2ClH/c22-20-8-6-18(7-9-20)17-26-21-5-2-1-4-19(21)16-23-10-3-11-24-12-14-25-15-13-24;;/h1-2,4-9,23H,3,10-17H2;2*1H. The first kappa shape index (κ1) is 25.0. The van der Waals surface area contributed by atoms with Gasteiger partial charge in [0.1, 0.15) is 12.4 Å². The highest BCUT2D eigenvalue weighted by molar-refractivity contribution is 6.30. The SMILES string of the molecule is Cl.Cl.Clc1ccc(COc2ccccc2CNCCCN2CCOCC2)cc1. The Hall–Kier alpha value is -1.01. The van der Waals surface area contributed by atoms with Crippen molar-refractivity contribution in [2.75, 3.05) is 39.4 Å². The van der Waals surface area contributed by atoms with E-state index in [0.717, 1.165) is 68.7 Å². The van der Waals surface area contributed by atoms with Gasteiger partial charge in [0.25, 0.3) is 0 Å². The molecule has 2 aromatic rings. The molecule has 0 saturated carbocycles. The molecule has 0 bridgehead atoms. The summed E-state index contributed by atoms with van der Waals surface area (Å²) in [6, 6.07) is 16.0. The van der Waals surface area contributed by atoms with Crippen molar-refractivity contribution in [2.24, 2.45) is 0 Å². The number of ether oxygens (including phenoxy) is 2. The zero-order valence-corrected chi connectivity index (χ0v) is 18.3. The van der Waals surface area contributed by atoms with Gasteiger partial charge in [0, 0.05) is 30.2 Å². The van der Waals surface area contributed by atoms with E-state index in [1.807, 2.05) is 36.4 Å². The number of morpholine rings is 1. The molecule has 0 atom stereocenters. The number of nitrogens with one attached hydrogen (secondary N) is 1. The highest BCUT2D eigenvalue weighted by Gasteiger charge is 2.09. The van der Waals surface area contributed by atoms with Crippen LogP contribution in [-0.2, 0) is 17.9 Å². The molecule has 0 aromatic heterocycles. The molecular weight excluding hydrogens is 419 g/mol. The van der Waals surface area contributed by atoms with Crippen LogP contribution in [0, 0.1) is 0 Å². The predicted octanol–water partition coefficient (Wildman–Crippen LogP) is 4.57. The Bertz CT molecular complexity index is 665. The largest absolute Gasteiger partial charge is 0.489 e. The zero-order valence-electron chi connectivity index (χ0n) is 15.9. The van der Waals surface area contributed by atoms with E-state index >= 15 is 0 Å². The number of nitrogens with zero attached hydrogens (tertiary/aromatic N) is 1. The predicted molar refractivity (Wildman–Crippen MR) is 120 cm³/mol. The minimum absolute atomic E-state index is 0. The Morgan fingerprint density at radius 3 is 2.46 bits per heavy atom. The monoisotopic (exact) mass is 446 g/mol. The highest BCUT2D eigenvalue weighted by Crippen LogP contribution is 2.20. The second-order valence-corrected chi connectivity index (χ2v) is 6.94. The fraction of sp³-hybridized carbons (Fsp3) is 0.429. The topological polar surface area (TPSA) is 33.7 Å². The van der Waals surface area contributed by atoms with Crippen LogP contribution >= 0.6 is 36.4 Å². The lowest BCUT2D eigenvalue weighted by Gasteiger charge is -2.26. The van der Waals surface area contributed by atoms with Crippen LogP contribution in [0.25, 0.3) is 0 Å². The van der Waals surface area contributed by atoms with Crippen molar-refractivity contribution < 1.29 is 9.47 Å². The van der Waals surface area contributed by atoms with Gasteiger partial charge in [0.05, 0.1) is 13.2 Å². The number of halogens is 3. The van der Waals surface area contributed by atoms with Gasteiger partial charge < -0.3 is 14.8 Å². The van der Waals surface area contributed by atoms with Gasteiger partial charge in [0.2, 0.25) is 0 Å². The first-order valence-corrected chi connectivity index (χ1v) is 9.65. The van der Waals surface area contributed by atoms with E-state index in [4.69, 9.17) is 21.1 Å². The van der Waals surface area contributed by atoms with E-state index in [9.17, 15) is 0 Å². The zero-order chi connectivity index (χ0) is 18.0. The number of hydrogen-bond donors (Lipinski definition) is 1. The summed E-state index contributed by atoms with van der Waals surface area (Å²) in [4.78, 5) is 2.47. The van der Waals surface area contributed by atoms with E-state index in [2.05, 4.69) is 22.3 Å². The molecule has 4 nitrogen and oxygen atoms in total. The van der Waals surface area contributed by atoms with Gasteiger partial charge in [0.15, 0.2) is 0 Å². The van der Waals surface area contributed by atoms with Crippen LogP contribution in [0.3, 0.4) is 0 Å². The minimum Gasteiger partial charge on any atom is -0.489 e. The molecule has 28 heavy (non-hydrogen) atoms. The van der Waals surface area contributed by atoms with Gasteiger partial charge in [-0.05, 0) is 43.3 Å². The maximum Gasteiger partial charge on any atom is 0.124 e. The Morgan fingerprint density at radius 1 is 1.00 bits per heavy atom. The third kappa shape index (κ3) is 8.56. The molecule has 1 saturated heterocycles. The van der Waals surface area contributed by atoms with E-state index < -0.39 is 0 Å². The van der Waals surface area contributed by atoms with Crippen LogP contribution in [0.2, 0.25) is 5.02 Å². The van der Waals surface area contributed by atoms with E-state index in [0.29, 0.717) is 6.61 Å². The van der Waals surface area contributed by atoms with Crippen molar-refractivity contribution in [3.05, 3.63) is 64.7 Å². The second kappa shape index (κ2) is 14.0. The first-order chi connectivity index (χ1) is 12.8. The Kier molecular flexibility index (Phi) is 12.6. The average molecular weight is 448 g/mol. The van der Waals surface area contributed by atoms with Gasteiger partial charge in [-0.1, -0.05) is 41.9 Å². The van der Waals surface area contributed by atoms with Gasteiger partial charge in [-0.2, -0.15) is 0 Å². The lowest BCUT2D eigenvalue weighted by molar-refractivity contribution is 0.0374. The summed E-state index contributed by atoms with van der Waals surface area (Å²) in [6.07, 6.45) is 1.15. The van der Waals surface area contributed by atoms with E-state index in [1.54, 1.807) is 0 Å². The number of benzene rings is 2. The number of hydrogen-bond acceptors (Lipinski definition) is 4. The van der Waals surface area contributed by atoms with Crippen molar-refractivity contribution in [2.45, 2.75) is 19.6 Å². The van der Waals surface area contributed by atoms with Crippen molar-refractivity contribution in [3.8, 4) is 5.75 Å². The lowest BCUT2D eigenvalue weighted by atomic mass is 10.2. The Labute approximate surface area is 185 Å². The molecule has 3 rings (SSSR count). The molecule has 0 spiro atoms. The third-order valence-corrected chi connectivity index (χ3v) is 4.78. The van der Waals surface area contributed by atoms with Crippen LogP contribution in [0.15, 0.2) is 48.5 Å². The average Bonchev–Trinajstić information content (AvgIpc) is 2.69. The fourth-order valence-electron chi connectivity index (χ4n) is 3.01. The van der Waals surface area contributed by atoms with Crippen LogP contribution in [0.5, 0.6) is 5.75 Å². The normalized spacial score (nSPS) is 14.0. The van der Waals surface area contributed by atoms with Crippen molar-refractivity contribution in [1.82, 2.24) is 10.2 Å². The van der Waals surface area contributed by atoms with Gasteiger partial charge in [-0.15, -0.1) is 24.8 Å². The first-order valence-electron chi connectivity index (χ1n) is 9.27. The third-order valence-electron chi connectivity index (χ3n) is 4.53. The summed E-state index contributed by atoms with van der Waals surface area (Å²) in [5.74, 6) is 0.933. The molecular formula is C21H29Cl3N2O2. The Balaban J connectivity index is 0.00000196. The van der Waals surface area contributed by atoms with Crippen molar-refractivity contribution in [1.29, 1.82) is 0 Å². The molecule has 0 radical (unpaired) electrons. The molecule has 1 aliphatic rings. The summed E-state index contributed by atoms with van der Waals surface area (Å²) >= 11 is 5.93. The van der Waals surface area contributed by atoms with Crippen LogP contribution in [0.4, 0.5) is 0 Å². The molecule has 7 heteroatoms. The number of rotatable bonds is 9. The van der Waals surface area contributed by atoms with E-state index in [1.165, 1.54) is 5.56 Å². The molecule has 1 fully saturated rings. The van der Waals surface area contributed by atoms with Crippen molar-refractivity contribution >= 4 is 36.4 Å². The van der Waals surface area contributed by atoms with Crippen LogP contribution < -0.4 is 10.1 Å². The summed E-state index contributed by atoms with van der Waals surface area (Å²) in [5.41, 5.74) is 2.30. The molecule has 156 valence electrons. The van der Waals surface area contributed by atoms with Gasteiger partial charge in [-0.3, -0.25) is 4.90 Å². The summed E-state index contributed by atoms with van der Waals surface area (Å²) in [6.45, 7) is 7.35. The molecule has 1 aliphatic heterocycles. The highest BCUT2D eigenvalue weighted by atomic mass is 35.5. The fourth-order valence-corrected chi connectivity index (χ4v) is 3.13. The smallest absolute Gasteiger partial charge is 0.124 e. The van der Waals surface area contributed by atoms with Gasteiger partial charge in [-0.25, -0.2) is 0 Å². The van der Waals surface area contributed by atoms with E-state index in [-0.39, 0.29) is 24.8 Å².